The summed E-state index contributed by atoms with van der Waals surface area (Å²) in [6.45, 7) is 1.55. The first-order valence-electron chi connectivity index (χ1n) is 7.15. The van der Waals surface area contributed by atoms with Gasteiger partial charge in [0, 0.05) is 0 Å². The van der Waals surface area contributed by atoms with Crippen LogP contribution in [0.4, 0.5) is 9.18 Å². The standard InChI is InChI=1S/C15H21FN2O3/c1-15(20,11-6-8-12(16)9-7-11)10-17-14(19)18-21-13-4-2-3-5-13/h6-9,13,20H,2-5,10H2,1H3,(H2,17,18,19). The lowest BCUT2D eigenvalue weighted by Crippen LogP contribution is -2.44. The molecule has 6 heteroatoms. The van der Waals surface area contributed by atoms with Crippen LogP contribution in [0.3, 0.4) is 0 Å². The van der Waals surface area contributed by atoms with Crippen molar-refractivity contribution in [3.05, 3.63) is 35.6 Å². The minimum absolute atomic E-state index is 0.00150. The number of nitrogens with one attached hydrogen (secondary N) is 2. The van der Waals surface area contributed by atoms with Gasteiger partial charge in [0.25, 0.3) is 0 Å². The van der Waals surface area contributed by atoms with Crippen LogP contribution in [0.5, 0.6) is 0 Å². The van der Waals surface area contributed by atoms with Crippen LogP contribution in [-0.4, -0.2) is 23.8 Å². The average Bonchev–Trinajstić information content (AvgIpc) is 2.97. The van der Waals surface area contributed by atoms with E-state index >= 15 is 0 Å². The molecule has 1 aromatic rings. The highest BCUT2D eigenvalue weighted by molar-refractivity contribution is 5.72. The summed E-state index contributed by atoms with van der Waals surface area (Å²) in [5.74, 6) is -0.370. The molecule has 3 N–H and O–H groups in total. The number of hydroxylamine groups is 1. The van der Waals surface area contributed by atoms with Gasteiger partial charge in [-0.1, -0.05) is 25.0 Å². The van der Waals surface area contributed by atoms with Crippen LogP contribution in [0.15, 0.2) is 24.3 Å². The van der Waals surface area contributed by atoms with Gasteiger partial charge in [-0.2, -0.15) is 0 Å². The molecule has 1 aromatic carbocycles. The number of hydrogen-bond acceptors (Lipinski definition) is 3. The van der Waals surface area contributed by atoms with Gasteiger partial charge in [-0.05, 0) is 37.5 Å². The molecule has 1 aliphatic carbocycles. The zero-order valence-electron chi connectivity index (χ0n) is 12.1. The van der Waals surface area contributed by atoms with Crippen LogP contribution in [0.2, 0.25) is 0 Å². The van der Waals surface area contributed by atoms with Crippen molar-refractivity contribution in [2.45, 2.75) is 44.3 Å². The Morgan fingerprint density at radius 3 is 2.62 bits per heavy atom. The van der Waals surface area contributed by atoms with Gasteiger partial charge in [-0.3, -0.25) is 4.84 Å². The molecule has 0 aliphatic heterocycles. The van der Waals surface area contributed by atoms with Gasteiger partial charge >= 0.3 is 6.03 Å². The summed E-state index contributed by atoms with van der Waals surface area (Å²) in [7, 11) is 0. The predicted octanol–water partition coefficient (Wildman–Crippen LogP) is 2.21. The minimum atomic E-state index is -1.28. The van der Waals surface area contributed by atoms with Crippen LogP contribution in [0.25, 0.3) is 0 Å². The van der Waals surface area contributed by atoms with Crippen molar-refractivity contribution in [3.63, 3.8) is 0 Å². The van der Waals surface area contributed by atoms with Crippen molar-refractivity contribution < 1.29 is 19.1 Å². The number of halogens is 1. The molecule has 0 radical (unpaired) electrons. The van der Waals surface area contributed by atoms with E-state index < -0.39 is 11.6 Å². The molecular formula is C15H21FN2O3. The number of hydrogen-bond donors (Lipinski definition) is 3. The third-order valence-electron chi connectivity index (χ3n) is 3.68. The molecule has 21 heavy (non-hydrogen) atoms. The summed E-state index contributed by atoms with van der Waals surface area (Å²) in [5.41, 5.74) is 1.59. The number of carbonyl (C=O) groups excluding carboxylic acids is 1. The SMILES string of the molecule is CC(O)(CNC(=O)NOC1CCCC1)c1ccc(F)cc1. The van der Waals surface area contributed by atoms with Crippen molar-refractivity contribution >= 4 is 6.03 Å². The highest BCUT2D eigenvalue weighted by atomic mass is 19.1. The Bertz CT molecular complexity index is 470. The maximum Gasteiger partial charge on any atom is 0.338 e. The summed E-state index contributed by atoms with van der Waals surface area (Å²) in [6.07, 6.45) is 4.22. The molecular weight excluding hydrogens is 275 g/mol. The Kier molecular flexibility index (Phi) is 5.14. The van der Waals surface area contributed by atoms with E-state index in [2.05, 4.69) is 10.8 Å². The lowest BCUT2D eigenvalue weighted by atomic mass is 9.96. The number of benzene rings is 1. The van der Waals surface area contributed by atoms with Crippen molar-refractivity contribution in [3.8, 4) is 0 Å². The lowest BCUT2D eigenvalue weighted by molar-refractivity contribution is -0.00247. The molecule has 0 spiro atoms. The van der Waals surface area contributed by atoms with Gasteiger partial charge in [0.1, 0.15) is 11.4 Å². The monoisotopic (exact) mass is 296 g/mol. The number of urea groups is 1. The summed E-state index contributed by atoms with van der Waals surface area (Å²) >= 11 is 0. The molecule has 1 aliphatic rings. The van der Waals surface area contributed by atoms with Crippen LogP contribution in [-0.2, 0) is 10.4 Å². The van der Waals surface area contributed by atoms with Crippen LogP contribution in [0, 0.1) is 5.82 Å². The first kappa shape index (κ1) is 15.7. The largest absolute Gasteiger partial charge is 0.384 e. The van der Waals surface area contributed by atoms with Gasteiger partial charge in [0.05, 0.1) is 12.6 Å². The van der Waals surface area contributed by atoms with E-state index in [4.69, 9.17) is 4.84 Å². The second kappa shape index (κ2) is 6.87. The number of amides is 2. The van der Waals surface area contributed by atoms with E-state index in [9.17, 15) is 14.3 Å². The highest BCUT2D eigenvalue weighted by Crippen LogP contribution is 2.20. The number of rotatable bonds is 5. The highest BCUT2D eigenvalue weighted by Gasteiger charge is 2.24. The summed E-state index contributed by atoms with van der Waals surface area (Å²) in [4.78, 5) is 16.9. The number of carbonyl (C=O) groups is 1. The molecule has 2 amide bonds. The van der Waals surface area contributed by atoms with Crippen LogP contribution < -0.4 is 10.8 Å². The summed E-state index contributed by atoms with van der Waals surface area (Å²) < 4.78 is 12.9. The van der Waals surface area contributed by atoms with Crippen molar-refractivity contribution in [2.24, 2.45) is 0 Å². The topological polar surface area (TPSA) is 70.6 Å². The molecule has 0 saturated heterocycles. The second-order valence-electron chi connectivity index (χ2n) is 5.59. The molecule has 0 aromatic heterocycles. The van der Waals surface area contributed by atoms with Gasteiger partial charge in [-0.25, -0.2) is 14.7 Å². The third kappa shape index (κ3) is 4.68. The zero-order valence-corrected chi connectivity index (χ0v) is 12.1. The van der Waals surface area contributed by atoms with Crippen molar-refractivity contribution in [1.82, 2.24) is 10.8 Å². The van der Waals surface area contributed by atoms with Crippen molar-refractivity contribution in [1.29, 1.82) is 0 Å². The maximum absolute atomic E-state index is 12.9. The molecule has 1 atom stereocenters. The van der Waals surface area contributed by atoms with E-state index in [-0.39, 0.29) is 18.5 Å². The molecule has 2 rings (SSSR count). The fraction of sp³-hybridized carbons (Fsp3) is 0.533. The van der Waals surface area contributed by atoms with Crippen LogP contribution in [0.1, 0.15) is 38.2 Å². The maximum atomic E-state index is 12.9. The Labute approximate surface area is 123 Å². The summed E-state index contributed by atoms with van der Waals surface area (Å²) in [5, 5.41) is 12.8. The average molecular weight is 296 g/mol. The Hall–Kier alpha value is -1.66. The minimum Gasteiger partial charge on any atom is -0.384 e. The van der Waals surface area contributed by atoms with E-state index in [1.807, 2.05) is 0 Å². The fourth-order valence-corrected chi connectivity index (χ4v) is 2.34. The van der Waals surface area contributed by atoms with Gasteiger partial charge in [0.2, 0.25) is 0 Å². The molecule has 1 saturated carbocycles. The van der Waals surface area contributed by atoms with Crippen LogP contribution >= 0.6 is 0 Å². The molecule has 1 fully saturated rings. The Balaban J connectivity index is 1.77. The van der Waals surface area contributed by atoms with E-state index in [1.54, 1.807) is 6.92 Å². The Morgan fingerprint density at radius 2 is 2.00 bits per heavy atom. The normalized spacial score (nSPS) is 18.2. The second-order valence-corrected chi connectivity index (χ2v) is 5.59. The molecule has 0 heterocycles. The summed E-state index contributed by atoms with van der Waals surface area (Å²) in [6, 6.07) is 5.03. The smallest absolute Gasteiger partial charge is 0.338 e. The Morgan fingerprint density at radius 1 is 1.38 bits per heavy atom. The predicted molar refractivity (Wildman–Crippen MR) is 75.8 cm³/mol. The first-order chi connectivity index (χ1) is 9.97. The van der Waals surface area contributed by atoms with E-state index in [0.717, 1.165) is 25.7 Å². The van der Waals surface area contributed by atoms with Gasteiger partial charge < -0.3 is 10.4 Å². The third-order valence-corrected chi connectivity index (χ3v) is 3.68. The molecule has 0 bridgehead atoms. The zero-order chi connectivity index (χ0) is 15.3. The molecule has 116 valence electrons. The number of aliphatic hydroxyl groups is 1. The van der Waals surface area contributed by atoms with E-state index in [0.29, 0.717) is 5.56 Å². The van der Waals surface area contributed by atoms with Gasteiger partial charge in [-0.15, -0.1) is 0 Å². The fourth-order valence-electron chi connectivity index (χ4n) is 2.34. The molecule has 5 nitrogen and oxygen atoms in total. The van der Waals surface area contributed by atoms with Gasteiger partial charge in [0.15, 0.2) is 0 Å². The van der Waals surface area contributed by atoms with Crippen molar-refractivity contribution in [2.75, 3.05) is 6.54 Å². The first-order valence-corrected chi connectivity index (χ1v) is 7.15. The quantitative estimate of drug-likeness (QED) is 0.730. The molecule has 1 unspecified atom stereocenters. The van der Waals surface area contributed by atoms with E-state index in [1.165, 1.54) is 24.3 Å². The lowest BCUT2D eigenvalue weighted by Gasteiger charge is -2.24.